The number of morpholine rings is 1. The zero-order valence-electron chi connectivity index (χ0n) is 20.6. The Labute approximate surface area is 202 Å². The van der Waals surface area contributed by atoms with Gasteiger partial charge in [-0.05, 0) is 48.3 Å². The van der Waals surface area contributed by atoms with E-state index in [4.69, 9.17) is 9.47 Å². The molecule has 7 heteroatoms. The highest BCUT2D eigenvalue weighted by Gasteiger charge is 2.50. The lowest BCUT2D eigenvalue weighted by atomic mass is 9.65. The lowest BCUT2D eigenvalue weighted by Crippen LogP contribution is -2.40. The zero-order valence-corrected chi connectivity index (χ0v) is 20.6. The first-order chi connectivity index (χ1) is 16.3. The summed E-state index contributed by atoms with van der Waals surface area (Å²) in [5, 5.41) is 0. The van der Waals surface area contributed by atoms with Crippen molar-refractivity contribution < 1.29 is 14.3 Å². The summed E-state index contributed by atoms with van der Waals surface area (Å²) in [5.74, 6) is 0.864. The quantitative estimate of drug-likeness (QED) is 0.648. The summed E-state index contributed by atoms with van der Waals surface area (Å²) in [6.45, 7) is 11.9. The minimum absolute atomic E-state index is 0.0770. The van der Waals surface area contributed by atoms with E-state index in [0.29, 0.717) is 6.04 Å². The van der Waals surface area contributed by atoms with Crippen molar-refractivity contribution in [3.8, 4) is 17.0 Å². The van der Waals surface area contributed by atoms with Gasteiger partial charge in [0.2, 0.25) is 0 Å². The highest BCUT2D eigenvalue weighted by molar-refractivity contribution is 5.78. The average molecular weight is 465 g/mol. The van der Waals surface area contributed by atoms with Gasteiger partial charge in [0, 0.05) is 55.7 Å². The minimum Gasteiger partial charge on any atom is -0.483 e. The van der Waals surface area contributed by atoms with Crippen LogP contribution in [0, 0.1) is 10.8 Å². The van der Waals surface area contributed by atoms with Crippen LogP contribution in [0.3, 0.4) is 0 Å². The number of ether oxygens (including phenoxy) is 2. The molecule has 2 atom stereocenters. The Morgan fingerprint density at radius 1 is 1.18 bits per heavy atom. The van der Waals surface area contributed by atoms with E-state index in [2.05, 4.69) is 46.6 Å². The SMILES string of the molecule is CC1(C)CC2CC(C)(CN2C(=O)COc2ccc(-c3cnccn3)cc2CN2CCOCC2)C1. The van der Waals surface area contributed by atoms with Crippen LogP contribution < -0.4 is 4.74 Å². The third kappa shape index (κ3) is 5.10. The monoisotopic (exact) mass is 464 g/mol. The Morgan fingerprint density at radius 3 is 2.76 bits per heavy atom. The van der Waals surface area contributed by atoms with Crippen molar-refractivity contribution in [1.82, 2.24) is 19.8 Å². The van der Waals surface area contributed by atoms with Crippen LogP contribution in [0.2, 0.25) is 0 Å². The molecule has 182 valence electrons. The molecule has 1 aromatic heterocycles. The first-order valence-electron chi connectivity index (χ1n) is 12.4. The number of likely N-dealkylation sites (tertiary alicyclic amines) is 1. The fraction of sp³-hybridized carbons (Fsp3) is 0.593. The highest BCUT2D eigenvalue weighted by Crippen LogP contribution is 2.52. The number of carbonyl (C=O) groups excluding carboxylic acids is 1. The number of fused-ring (bicyclic) bond motifs is 2. The summed E-state index contributed by atoms with van der Waals surface area (Å²) in [7, 11) is 0. The van der Waals surface area contributed by atoms with Crippen LogP contribution in [-0.4, -0.2) is 71.2 Å². The van der Waals surface area contributed by atoms with Crippen LogP contribution in [-0.2, 0) is 16.1 Å². The van der Waals surface area contributed by atoms with Crippen molar-refractivity contribution in [3.63, 3.8) is 0 Å². The molecular formula is C27H36N4O3. The van der Waals surface area contributed by atoms with Gasteiger partial charge in [0.05, 0.1) is 25.1 Å². The third-order valence-corrected chi connectivity index (χ3v) is 7.50. The van der Waals surface area contributed by atoms with Crippen LogP contribution in [0.15, 0.2) is 36.8 Å². The van der Waals surface area contributed by atoms with E-state index in [9.17, 15) is 4.79 Å². The van der Waals surface area contributed by atoms with Gasteiger partial charge in [-0.1, -0.05) is 20.8 Å². The number of benzene rings is 1. The molecule has 2 aromatic rings. The number of aromatic nitrogens is 2. The number of amides is 1. The molecule has 2 unspecified atom stereocenters. The Kier molecular flexibility index (Phi) is 6.34. The first kappa shape index (κ1) is 23.2. The molecule has 0 spiro atoms. The summed E-state index contributed by atoms with van der Waals surface area (Å²) in [6, 6.07) is 6.42. The molecule has 3 heterocycles. The molecule has 1 aromatic carbocycles. The molecule has 7 nitrogen and oxygen atoms in total. The van der Waals surface area contributed by atoms with E-state index >= 15 is 0 Å². The molecular weight excluding hydrogens is 428 g/mol. The van der Waals surface area contributed by atoms with Crippen LogP contribution >= 0.6 is 0 Å². The molecule has 0 radical (unpaired) electrons. The fourth-order valence-corrected chi connectivity index (χ4v) is 6.43. The Hall–Kier alpha value is -2.51. The third-order valence-electron chi connectivity index (χ3n) is 7.50. The van der Waals surface area contributed by atoms with Crippen molar-refractivity contribution >= 4 is 5.91 Å². The van der Waals surface area contributed by atoms with Gasteiger partial charge in [-0.2, -0.15) is 0 Å². The van der Waals surface area contributed by atoms with Crippen molar-refractivity contribution in [2.45, 2.75) is 52.6 Å². The van der Waals surface area contributed by atoms with Crippen LogP contribution in [0.4, 0.5) is 0 Å². The summed E-state index contributed by atoms with van der Waals surface area (Å²) in [5.41, 5.74) is 3.40. The standard InChI is InChI=1S/C27H36N4O3/c1-26(2)13-22-14-27(3,18-26)19-31(22)25(32)17-34-24-5-4-20(23-15-28-6-7-29-23)12-21(24)16-30-8-10-33-11-9-30/h4-7,12,15,22H,8-11,13-14,16-19H2,1-3H3. The fourth-order valence-electron chi connectivity index (χ4n) is 6.43. The maximum absolute atomic E-state index is 13.3. The van der Waals surface area contributed by atoms with Gasteiger partial charge < -0.3 is 14.4 Å². The molecule has 1 amide bonds. The number of hydrogen-bond donors (Lipinski definition) is 0. The number of nitrogens with zero attached hydrogens (tertiary/aromatic N) is 4. The van der Waals surface area contributed by atoms with E-state index in [1.165, 1.54) is 6.42 Å². The summed E-state index contributed by atoms with van der Waals surface area (Å²) in [6.07, 6.45) is 8.50. The lowest BCUT2D eigenvalue weighted by Gasteiger charge is -2.39. The molecule has 1 saturated carbocycles. The number of carbonyl (C=O) groups is 1. The van der Waals surface area contributed by atoms with Gasteiger partial charge in [0.15, 0.2) is 6.61 Å². The molecule has 34 heavy (non-hydrogen) atoms. The van der Waals surface area contributed by atoms with Crippen LogP contribution in [0.5, 0.6) is 5.75 Å². The van der Waals surface area contributed by atoms with Crippen LogP contribution in [0.25, 0.3) is 11.3 Å². The maximum Gasteiger partial charge on any atom is 0.260 e. The zero-order chi connectivity index (χ0) is 23.8. The van der Waals surface area contributed by atoms with Crippen molar-refractivity contribution in [2.75, 3.05) is 39.5 Å². The van der Waals surface area contributed by atoms with Gasteiger partial charge in [0.1, 0.15) is 5.75 Å². The van der Waals surface area contributed by atoms with Gasteiger partial charge >= 0.3 is 0 Å². The Balaban J connectivity index is 1.32. The summed E-state index contributed by atoms with van der Waals surface area (Å²) >= 11 is 0. The van der Waals surface area contributed by atoms with Crippen molar-refractivity contribution in [2.24, 2.45) is 10.8 Å². The normalized spacial score (nSPS) is 26.4. The molecule has 3 fully saturated rings. The smallest absolute Gasteiger partial charge is 0.260 e. The second-order valence-electron chi connectivity index (χ2n) is 11.3. The number of hydrogen-bond acceptors (Lipinski definition) is 6. The lowest BCUT2D eigenvalue weighted by molar-refractivity contribution is -0.134. The van der Waals surface area contributed by atoms with Crippen molar-refractivity contribution in [3.05, 3.63) is 42.4 Å². The molecule has 1 aliphatic carbocycles. The molecule has 0 N–H and O–H groups in total. The minimum atomic E-state index is 0.0770. The Bertz CT molecular complexity index is 1020. The summed E-state index contributed by atoms with van der Waals surface area (Å²) in [4.78, 5) is 26.4. The van der Waals surface area contributed by atoms with E-state index in [0.717, 1.165) is 74.8 Å². The van der Waals surface area contributed by atoms with Gasteiger partial charge in [-0.3, -0.25) is 19.7 Å². The molecule has 3 aliphatic rings. The summed E-state index contributed by atoms with van der Waals surface area (Å²) < 4.78 is 11.7. The topological polar surface area (TPSA) is 67.8 Å². The largest absolute Gasteiger partial charge is 0.483 e. The second kappa shape index (κ2) is 9.27. The van der Waals surface area contributed by atoms with Gasteiger partial charge in [0.25, 0.3) is 5.91 Å². The van der Waals surface area contributed by atoms with E-state index in [1.807, 2.05) is 12.1 Å². The molecule has 5 rings (SSSR count). The van der Waals surface area contributed by atoms with Crippen molar-refractivity contribution in [1.29, 1.82) is 0 Å². The molecule has 2 aliphatic heterocycles. The molecule has 2 bridgehead atoms. The predicted molar refractivity (Wildman–Crippen MR) is 130 cm³/mol. The maximum atomic E-state index is 13.3. The van der Waals surface area contributed by atoms with Crippen LogP contribution in [0.1, 0.15) is 45.6 Å². The number of rotatable bonds is 6. The predicted octanol–water partition coefficient (Wildman–Crippen LogP) is 3.78. The Morgan fingerprint density at radius 2 is 2.00 bits per heavy atom. The van der Waals surface area contributed by atoms with E-state index in [1.54, 1.807) is 18.6 Å². The van der Waals surface area contributed by atoms with Gasteiger partial charge in [-0.15, -0.1) is 0 Å². The first-order valence-corrected chi connectivity index (χ1v) is 12.4. The highest BCUT2D eigenvalue weighted by atomic mass is 16.5. The average Bonchev–Trinajstić information content (AvgIpc) is 3.08. The van der Waals surface area contributed by atoms with E-state index in [-0.39, 0.29) is 23.3 Å². The molecule has 2 saturated heterocycles. The van der Waals surface area contributed by atoms with E-state index < -0.39 is 0 Å². The van der Waals surface area contributed by atoms with Gasteiger partial charge in [-0.25, -0.2) is 0 Å². The second-order valence-corrected chi connectivity index (χ2v) is 11.3.